The summed E-state index contributed by atoms with van der Waals surface area (Å²) in [6.45, 7) is -0.531. The highest BCUT2D eigenvalue weighted by Crippen LogP contribution is 2.16. The van der Waals surface area contributed by atoms with E-state index in [2.05, 4.69) is 10.1 Å². The van der Waals surface area contributed by atoms with Crippen molar-refractivity contribution < 1.29 is 27.9 Å². The number of carbonyl (C=O) groups excluding carboxylic acids is 3. The van der Waals surface area contributed by atoms with E-state index in [0.29, 0.717) is 11.3 Å². The number of hydrogen-bond acceptors (Lipinski definition) is 5. The number of imide groups is 1. The van der Waals surface area contributed by atoms with Gasteiger partial charge in [0.1, 0.15) is 11.6 Å². The van der Waals surface area contributed by atoms with E-state index in [4.69, 9.17) is 16.0 Å². The molecular formula is C17H14ClFN2O5. The summed E-state index contributed by atoms with van der Waals surface area (Å²) in [6.07, 6.45) is 3.85. The van der Waals surface area contributed by atoms with Crippen LogP contribution in [0.3, 0.4) is 0 Å². The average molecular weight is 381 g/mol. The van der Waals surface area contributed by atoms with Crippen LogP contribution in [0.5, 0.6) is 0 Å². The monoisotopic (exact) mass is 380 g/mol. The minimum absolute atomic E-state index is 0.0829. The molecule has 1 heterocycles. The van der Waals surface area contributed by atoms with Gasteiger partial charge >= 0.3 is 12.0 Å². The SMILES string of the molecule is O=C(COC(=O)/C=C/c1ccc(F)c(Cl)c1)NC(=O)NCc1ccco1. The second kappa shape index (κ2) is 9.38. The summed E-state index contributed by atoms with van der Waals surface area (Å²) < 4.78 is 22.7. The van der Waals surface area contributed by atoms with Crippen LogP contribution < -0.4 is 10.6 Å². The van der Waals surface area contributed by atoms with E-state index in [-0.39, 0.29) is 11.6 Å². The topological polar surface area (TPSA) is 97.6 Å². The van der Waals surface area contributed by atoms with Crippen molar-refractivity contribution in [2.45, 2.75) is 6.54 Å². The molecule has 0 radical (unpaired) electrons. The molecule has 1 aromatic carbocycles. The predicted molar refractivity (Wildman–Crippen MR) is 90.5 cm³/mol. The molecule has 0 atom stereocenters. The Bertz CT molecular complexity index is 821. The smallest absolute Gasteiger partial charge is 0.331 e. The number of furan rings is 1. The number of carbonyl (C=O) groups is 3. The molecule has 0 saturated heterocycles. The quantitative estimate of drug-likeness (QED) is 0.593. The summed E-state index contributed by atoms with van der Waals surface area (Å²) in [7, 11) is 0. The molecular weight excluding hydrogens is 367 g/mol. The first-order chi connectivity index (χ1) is 12.4. The van der Waals surface area contributed by atoms with Gasteiger partial charge in [-0.2, -0.15) is 0 Å². The Kier molecular flexibility index (Phi) is 6.92. The molecule has 1 aromatic heterocycles. The fourth-order valence-corrected chi connectivity index (χ4v) is 1.94. The number of urea groups is 1. The molecule has 0 aliphatic rings. The number of nitrogens with one attached hydrogen (secondary N) is 2. The van der Waals surface area contributed by atoms with Crippen LogP contribution in [0.15, 0.2) is 47.1 Å². The molecule has 7 nitrogen and oxygen atoms in total. The number of amides is 3. The molecule has 0 spiro atoms. The van der Waals surface area contributed by atoms with Crippen molar-refractivity contribution in [3.05, 3.63) is 64.8 Å². The molecule has 9 heteroatoms. The van der Waals surface area contributed by atoms with Gasteiger partial charge in [0.15, 0.2) is 6.61 Å². The molecule has 136 valence electrons. The molecule has 26 heavy (non-hydrogen) atoms. The fourth-order valence-electron chi connectivity index (χ4n) is 1.75. The fraction of sp³-hybridized carbons (Fsp3) is 0.118. The summed E-state index contributed by atoms with van der Waals surface area (Å²) >= 11 is 5.62. The zero-order valence-corrected chi connectivity index (χ0v) is 14.1. The van der Waals surface area contributed by atoms with Crippen molar-refractivity contribution in [3.8, 4) is 0 Å². The van der Waals surface area contributed by atoms with Crippen LogP contribution >= 0.6 is 11.6 Å². The molecule has 2 rings (SSSR count). The van der Waals surface area contributed by atoms with Gasteiger partial charge in [-0.25, -0.2) is 14.0 Å². The zero-order chi connectivity index (χ0) is 18.9. The second-order valence-electron chi connectivity index (χ2n) is 4.92. The first-order valence-corrected chi connectivity index (χ1v) is 7.72. The van der Waals surface area contributed by atoms with Crippen molar-refractivity contribution >= 4 is 35.6 Å². The Morgan fingerprint density at radius 1 is 1.27 bits per heavy atom. The van der Waals surface area contributed by atoms with Crippen molar-refractivity contribution in [2.75, 3.05) is 6.61 Å². The normalized spacial score (nSPS) is 10.5. The Hall–Kier alpha value is -3.13. The first kappa shape index (κ1) is 19.2. The molecule has 2 N–H and O–H groups in total. The summed E-state index contributed by atoms with van der Waals surface area (Å²) in [5.41, 5.74) is 0.482. The van der Waals surface area contributed by atoms with Crippen LogP contribution in [0.1, 0.15) is 11.3 Å². The summed E-state index contributed by atoms with van der Waals surface area (Å²) in [5.74, 6) is -1.66. The molecule has 2 aromatic rings. The van der Waals surface area contributed by atoms with Gasteiger partial charge in [-0.05, 0) is 35.9 Å². The molecule has 0 aliphatic carbocycles. The third-order valence-corrected chi connectivity index (χ3v) is 3.25. The minimum Gasteiger partial charge on any atom is -0.467 e. The largest absolute Gasteiger partial charge is 0.467 e. The van der Waals surface area contributed by atoms with E-state index >= 15 is 0 Å². The lowest BCUT2D eigenvalue weighted by atomic mass is 10.2. The van der Waals surface area contributed by atoms with Gasteiger partial charge in [-0.3, -0.25) is 10.1 Å². The Morgan fingerprint density at radius 3 is 2.77 bits per heavy atom. The highest BCUT2D eigenvalue weighted by atomic mass is 35.5. The molecule has 0 aliphatic heterocycles. The number of benzene rings is 1. The van der Waals surface area contributed by atoms with Crippen LogP contribution in [0.25, 0.3) is 6.08 Å². The molecule has 0 saturated carbocycles. The number of rotatable bonds is 6. The Balaban J connectivity index is 1.70. The molecule has 3 amide bonds. The van der Waals surface area contributed by atoms with Crippen LogP contribution in [-0.4, -0.2) is 24.5 Å². The van der Waals surface area contributed by atoms with Gasteiger partial charge in [-0.15, -0.1) is 0 Å². The third-order valence-electron chi connectivity index (χ3n) is 2.96. The number of hydrogen-bond donors (Lipinski definition) is 2. The van der Waals surface area contributed by atoms with E-state index in [1.807, 2.05) is 5.32 Å². The van der Waals surface area contributed by atoms with Gasteiger partial charge in [0.2, 0.25) is 0 Å². The number of esters is 1. The zero-order valence-electron chi connectivity index (χ0n) is 13.3. The van der Waals surface area contributed by atoms with E-state index in [9.17, 15) is 18.8 Å². The van der Waals surface area contributed by atoms with Crippen molar-refractivity contribution in [1.82, 2.24) is 10.6 Å². The Morgan fingerprint density at radius 2 is 2.08 bits per heavy atom. The Labute approximate surface area is 152 Å². The molecule has 0 unspecified atom stereocenters. The lowest BCUT2D eigenvalue weighted by molar-refractivity contribution is -0.143. The van der Waals surface area contributed by atoms with Gasteiger partial charge < -0.3 is 14.5 Å². The maximum atomic E-state index is 13.0. The lowest BCUT2D eigenvalue weighted by Gasteiger charge is -2.05. The van der Waals surface area contributed by atoms with Crippen LogP contribution in [-0.2, 0) is 20.9 Å². The average Bonchev–Trinajstić information content (AvgIpc) is 3.13. The first-order valence-electron chi connectivity index (χ1n) is 7.34. The van der Waals surface area contributed by atoms with Crippen molar-refractivity contribution in [2.24, 2.45) is 0 Å². The van der Waals surface area contributed by atoms with Gasteiger partial charge in [-0.1, -0.05) is 17.7 Å². The maximum absolute atomic E-state index is 13.0. The summed E-state index contributed by atoms with van der Waals surface area (Å²) in [4.78, 5) is 34.5. The lowest BCUT2D eigenvalue weighted by Crippen LogP contribution is -2.41. The van der Waals surface area contributed by atoms with Gasteiger partial charge in [0.25, 0.3) is 5.91 Å². The number of ether oxygens (including phenoxy) is 1. The van der Waals surface area contributed by atoms with Crippen molar-refractivity contribution in [3.63, 3.8) is 0 Å². The standard InChI is InChI=1S/C17H14ClFN2O5/c18-13-8-11(3-5-14(13)19)4-6-16(23)26-10-15(22)21-17(24)20-9-12-2-1-7-25-12/h1-8H,9-10H2,(H2,20,21,22,24)/b6-4+. The van der Waals surface area contributed by atoms with E-state index < -0.39 is 30.3 Å². The van der Waals surface area contributed by atoms with Gasteiger partial charge in [0.05, 0.1) is 17.8 Å². The van der Waals surface area contributed by atoms with Crippen LogP contribution in [0.4, 0.5) is 9.18 Å². The number of halogens is 2. The molecule has 0 bridgehead atoms. The minimum atomic E-state index is -0.809. The highest BCUT2D eigenvalue weighted by Gasteiger charge is 2.10. The molecule has 0 fully saturated rings. The van der Waals surface area contributed by atoms with E-state index in [0.717, 1.165) is 12.1 Å². The van der Waals surface area contributed by atoms with E-state index in [1.54, 1.807) is 12.1 Å². The third kappa shape index (κ3) is 6.40. The highest BCUT2D eigenvalue weighted by molar-refractivity contribution is 6.30. The van der Waals surface area contributed by atoms with Crippen LogP contribution in [0, 0.1) is 5.82 Å². The van der Waals surface area contributed by atoms with Crippen molar-refractivity contribution in [1.29, 1.82) is 0 Å². The van der Waals surface area contributed by atoms with Crippen LogP contribution in [0.2, 0.25) is 5.02 Å². The second-order valence-corrected chi connectivity index (χ2v) is 5.33. The summed E-state index contributed by atoms with van der Waals surface area (Å²) in [6, 6.07) is 6.47. The maximum Gasteiger partial charge on any atom is 0.331 e. The van der Waals surface area contributed by atoms with E-state index in [1.165, 1.54) is 24.5 Å². The van der Waals surface area contributed by atoms with Gasteiger partial charge in [0, 0.05) is 6.08 Å². The predicted octanol–water partition coefficient (Wildman–Crippen LogP) is 2.65. The summed E-state index contributed by atoms with van der Waals surface area (Å²) in [5, 5.41) is 4.31.